The third-order valence-electron chi connectivity index (χ3n) is 4.34. The number of rotatable bonds is 4. The summed E-state index contributed by atoms with van der Waals surface area (Å²) in [7, 11) is 0. The Morgan fingerprint density at radius 2 is 2.00 bits per heavy atom. The lowest BCUT2D eigenvalue weighted by atomic mass is 10.0. The molecule has 3 nitrogen and oxygen atoms in total. The summed E-state index contributed by atoms with van der Waals surface area (Å²) < 4.78 is 0. The summed E-state index contributed by atoms with van der Waals surface area (Å²) in [6.07, 6.45) is 3.67. The van der Waals surface area contributed by atoms with Gasteiger partial charge in [0.2, 0.25) is 0 Å². The number of nitrogens with one attached hydrogen (secondary N) is 1. The normalized spacial score (nSPS) is 24.0. The number of amidine groups is 1. The first-order chi connectivity index (χ1) is 10.3. The maximum absolute atomic E-state index is 4.62. The zero-order valence-corrected chi connectivity index (χ0v) is 13.6. The third-order valence-corrected chi connectivity index (χ3v) is 5.62. The first-order valence-electron chi connectivity index (χ1n) is 8.07. The van der Waals surface area contributed by atoms with Crippen LogP contribution in [-0.2, 0) is 6.54 Å². The number of likely N-dealkylation sites (tertiary alicyclic amines) is 1. The van der Waals surface area contributed by atoms with Gasteiger partial charge >= 0.3 is 0 Å². The first-order valence-corrected chi connectivity index (χ1v) is 8.95. The molecule has 1 fully saturated rings. The van der Waals surface area contributed by atoms with Crippen molar-refractivity contribution < 1.29 is 0 Å². The summed E-state index contributed by atoms with van der Waals surface area (Å²) in [4.78, 5) is 7.19. The van der Waals surface area contributed by atoms with E-state index in [4.69, 9.17) is 0 Å². The molecular weight excluding hydrogens is 278 g/mol. The number of hydrogen-bond acceptors (Lipinski definition) is 4. The van der Waals surface area contributed by atoms with Gasteiger partial charge in [-0.05, 0) is 24.8 Å². The molecule has 2 aliphatic rings. The number of piperidine rings is 1. The van der Waals surface area contributed by atoms with Crippen LogP contribution in [0, 0.1) is 0 Å². The van der Waals surface area contributed by atoms with Gasteiger partial charge in [-0.15, -0.1) is 0 Å². The van der Waals surface area contributed by atoms with E-state index < -0.39 is 0 Å². The lowest BCUT2D eigenvalue weighted by molar-refractivity contribution is 0.199. The van der Waals surface area contributed by atoms with Crippen LogP contribution in [0.5, 0.6) is 0 Å². The van der Waals surface area contributed by atoms with Crippen molar-refractivity contribution in [2.75, 3.05) is 19.6 Å². The van der Waals surface area contributed by atoms with Crippen molar-refractivity contribution in [2.24, 2.45) is 4.99 Å². The molecule has 0 saturated carbocycles. The predicted molar refractivity (Wildman–Crippen MR) is 91.8 cm³/mol. The lowest BCUT2D eigenvalue weighted by Crippen LogP contribution is -2.43. The maximum Gasteiger partial charge on any atom is 0.157 e. The second-order valence-corrected chi connectivity index (χ2v) is 7.26. The van der Waals surface area contributed by atoms with E-state index in [0.717, 1.165) is 13.1 Å². The molecule has 2 heterocycles. The molecule has 0 bridgehead atoms. The molecule has 0 amide bonds. The van der Waals surface area contributed by atoms with E-state index >= 15 is 0 Å². The first kappa shape index (κ1) is 14.9. The second-order valence-electron chi connectivity index (χ2n) is 5.97. The van der Waals surface area contributed by atoms with Crippen LogP contribution >= 0.6 is 11.8 Å². The fourth-order valence-electron chi connectivity index (χ4n) is 2.96. The van der Waals surface area contributed by atoms with Crippen LogP contribution in [0.15, 0.2) is 35.3 Å². The summed E-state index contributed by atoms with van der Waals surface area (Å²) in [5, 5.41) is 5.54. The molecule has 3 rings (SSSR count). The van der Waals surface area contributed by atoms with E-state index in [1.165, 1.54) is 43.1 Å². The Kier molecular flexibility index (Phi) is 5.20. The Labute approximate surface area is 132 Å². The molecular formula is C17H25N3S. The molecule has 1 saturated heterocycles. The van der Waals surface area contributed by atoms with E-state index in [9.17, 15) is 0 Å². The SMILES string of the molecule is CCC1CN=C(NC2CCN(Cc3ccccc3)CC2)S1. The molecule has 1 aromatic rings. The summed E-state index contributed by atoms with van der Waals surface area (Å²) >= 11 is 1.93. The Morgan fingerprint density at radius 3 is 2.67 bits per heavy atom. The molecule has 2 aliphatic heterocycles. The van der Waals surface area contributed by atoms with E-state index in [0.29, 0.717) is 11.3 Å². The fraction of sp³-hybridized carbons (Fsp3) is 0.588. The van der Waals surface area contributed by atoms with Gasteiger partial charge < -0.3 is 5.32 Å². The molecule has 0 radical (unpaired) electrons. The van der Waals surface area contributed by atoms with Gasteiger partial charge in [-0.25, -0.2) is 0 Å². The second kappa shape index (κ2) is 7.32. The van der Waals surface area contributed by atoms with Gasteiger partial charge in [0.05, 0.1) is 6.54 Å². The summed E-state index contributed by atoms with van der Waals surface area (Å²) in [5.41, 5.74) is 1.42. The average Bonchev–Trinajstić information content (AvgIpc) is 2.98. The Bertz CT molecular complexity index is 466. The van der Waals surface area contributed by atoms with Crippen LogP contribution in [0.4, 0.5) is 0 Å². The third kappa shape index (κ3) is 4.24. The average molecular weight is 303 g/mol. The smallest absolute Gasteiger partial charge is 0.157 e. The highest BCUT2D eigenvalue weighted by Gasteiger charge is 2.23. The number of nitrogens with zero attached hydrogens (tertiary/aromatic N) is 2. The number of hydrogen-bond donors (Lipinski definition) is 1. The largest absolute Gasteiger partial charge is 0.362 e. The molecule has 1 aromatic carbocycles. The highest BCUT2D eigenvalue weighted by atomic mass is 32.2. The molecule has 21 heavy (non-hydrogen) atoms. The van der Waals surface area contributed by atoms with Gasteiger partial charge in [0, 0.05) is 30.9 Å². The van der Waals surface area contributed by atoms with Crippen molar-refractivity contribution in [3.05, 3.63) is 35.9 Å². The highest BCUT2D eigenvalue weighted by molar-refractivity contribution is 8.14. The highest BCUT2D eigenvalue weighted by Crippen LogP contribution is 2.23. The van der Waals surface area contributed by atoms with E-state index in [-0.39, 0.29) is 0 Å². The van der Waals surface area contributed by atoms with Crippen molar-refractivity contribution in [3.8, 4) is 0 Å². The quantitative estimate of drug-likeness (QED) is 0.926. The van der Waals surface area contributed by atoms with Gasteiger partial charge in [0.25, 0.3) is 0 Å². The molecule has 1 unspecified atom stereocenters. The minimum Gasteiger partial charge on any atom is -0.362 e. The van der Waals surface area contributed by atoms with Gasteiger partial charge in [0.1, 0.15) is 0 Å². The molecule has 0 spiro atoms. The zero-order chi connectivity index (χ0) is 14.5. The fourth-order valence-corrected chi connectivity index (χ4v) is 3.98. The van der Waals surface area contributed by atoms with Crippen LogP contribution < -0.4 is 5.32 Å². The number of benzene rings is 1. The van der Waals surface area contributed by atoms with Crippen LogP contribution in [0.3, 0.4) is 0 Å². The minimum atomic E-state index is 0.610. The predicted octanol–water partition coefficient (Wildman–Crippen LogP) is 3.12. The topological polar surface area (TPSA) is 27.6 Å². The summed E-state index contributed by atoms with van der Waals surface area (Å²) in [5.74, 6) is 0. The Balaban J connectivity index is 1.41. The monoisotopic (exact) mass is 303 g/mol. The standard InChI is InChI=1S/C17H25N3S/c1-2-16-12-18-17(21-16)19-15-8-10-20(11-9-15)13-14-6-4-3-5-7-14/h3-7,15-16H,2,8-13H2,1H3,(H,18,19). The molecule has 0 aromatic heterocycles. The summed E-state index contributed by atoms with van der Waals surface area (Å²) in [6.45, 7) is 6.69. The van der Waals surface area contributed by atoms with Crippen LogP contribution in [0.1, 0.15) is 31.7 Å². The maximum atomic E-state index is 4.62. The van der Waals surface area contributed by atoms with Gasteiger partial charge in [-0.1, -0.05) is 49.0 Å². The van der Waals surface area contributed by atoms with Crippen molar-refractivity contribution >= 4 is 16.9 Å². The Morgan fingerprint density at radius 1 is 1.24 bits per heavy atom. The molecule has 0 aliphatic carbocycles. The van der Waals surface area contributed by atoms with Gasteiger partial charge in [0.15, 0.2) is 5.17 Å². The van der Waals surface area contributed by atoms with Crippen molar-refractivity contribution in [2.45, 2.75) is 44.0 Å². The van der Waals surface area contributed by atoms with Crippen molar-refractivity contribution in [1.82, 2.24) is 10.2 Å². The van der Waals surface area contributed by atoms with Crippen molar-refractivity contribution in [1.29, 1.82) is 0 Å². The van der Waals surface area contributed by atoms with Gasteiger partial charge in [-0.2, -0.15) is 0 Å². The minimum absolute atomic E-state index is 0.610. The molecule has 1 N–H and O–H groups in total. The van der Waals surface area contributed by atoms with Crippen LogP contribution in [0.25, 0.3) is 0 Å². The van der Waals surface area contributed by atoms with Crippen LogP contribution in [-0.4, -0.2) is 41.0 Å². The van der Waals surface area contributed by atoms with E-state index in [2.05, 4.69) is 52.5 Å². The number of aliphatic imine (C=N–C) groups is 1. The molecule has 4 heteroatoms. The van der Waals surface area contributed by atoms with E-state index in [1.54, 1.807) is 0 Å². The summed E-state index contributed by atoms with van der Waals surface area (Å²) in [6, 6.07) is 11.4. The van der Waals surface area contributed by atoms with E-state index in [1.807, 2.05) is 11.8 Å². The molecule has 1 atom stereocenters. The van der Waals surface area contributed by atoms with Crippen LogP contribution in [0.2, 0.25) is 0 Å². The van der Waals surface area contributed by atoms with Crippen molar-refractivity contribution in [3.63, 3.8) is 0 Å². The number of thioether (sulfide) groups is 1. The Hall–Kier alpha value is -1.00. The van der Waals surface area contributed by atoms with Gasteiger partial charge in [-0.3, -0.25) is 9.89 Å². The lowest BCUT2D eigenvalue weighted by Gasteiger charge is -2.32. The zero-order valence-electron chi connectivity index (χ0n) is 12.8. The molecule has 114 valence electrons.